The van der Waals surface area contributed by atoms with Crippen molar-refractivity contribution >= 4 is 33.9 Å². The number of nitrogens with one attached hydrogen (secondary N) is 1. The van der Waals surface area contributed by atoms with E-state index < -0.39 is 0 Å². The van der Waals surface area contributed by atoms with E-state index >= 15 is 0 Å². The first-order valence-corrected chi connectivity index (χ1v) is 12.3. The second kappa shape index (κ2) is 13.3. The average molecular weight is 461 g/mol. The molecule has 6 nitrogen and oxygen atoms in total. The summed E-state index contributed by atoms with van der Waals surface area (Å²) in [4.78, 5) is 11.6. The lowest BCUT2D eigenvalue weighted by atomic mass is 9.97. The summed E-state index contributed by atoms with van der Waals surface area (Å²) in [5.74, 6) is 2.20. The molecule has 2 N–H and O–H groups in total. The van der Waals surface area contributed by atoms with Crippen LogP contribution in [-0.2, 0) is 0 Å². The van der Waals surface area contributed by atoms with Crippen LogP contribution in [0.3, 0.4) is 0 Å². The second-order valence-electron chi connectivity index (χ2n) is 8.08. The van der Waals surface area contributed by atoms with Crippen molar-refractivity contribution in [2.45, 2.75) is 64.5 Å². The maximum absolute atomic E-state index is 11.6. The van der Waals surface area contributed by atoms with Crippen molar-refractivity contribution in [3.8, 4) is 11.5 Å². The number of nitrogens with zero attached hydrogens (tertiary/aromatic N) is 1. The topological polar surface area (TPSA) is 80.1 Å². The minimum absolute atomic E-state index is 0.134. The predicted octanol–water partition coefficient (Wildman–Crippen LogP) is 8.16. The molecule has 32 heavy (non-hydrogen) atoms. The minimum atomic E-state index is 0.134. The van der Waals surface area contributed by atoms with Gasteiger partial charge in [-0.1, -0.05) is 44.3 Å². The number of anilines is 1. The molecule has 1 atom stereocenters. The van der Waals surface area contributed by atoms with Crippen LogP contribution in [0.1, 0.15) is 70.1 Å². The van der Waals surface area contributed by atoms with Crippen molar-refractivity contribution in [2.24, 2.45) is 5.18 Å². The van der Waals surface area contributed by atoms with Crippen LogP contribution in [0, 0.1) is 4.91 Å². The van der Waals surface area contributed by atoms with Gasteiger partial charge in [0.2, 0.25) is 0 Å². The lowest BCUT2D eigenvalue weighted by Crippen LogP contribution is -2.03. The molecule has 2 aromatic carbocycles. The molecule has 0 saturated carbocycles. The number of fused-ring (bicyclic) bond motifs is 1. The molecule has 1 unspecified atom stereocenters. The third-order valence-electron chi connectivity index (χ3n) is 5.50. The van der Waals surface area contributed by atoms with Gasteiger partial charge in [0.1, 0.15) is 17.2 Å². The van der Waals surface area contributed by atoms with E-state index in [0.29, 0.717) is 28.0 Å². The summed E-state index contributed by atoms with van der Waals surface area (Å²) in [5.41, 5.74) is 5.10. The van der Waals surface area contributed by atoms with E-state index in [1.54, 1.807) is 26.4 Å². The lowest BCUT2D eigenvalue weighted by Gasteiger charge is -2.23. The molecular formula is C25H36N2O4S. The van der Waals surface area contributed by atoms with E-state index in [1.807, 2.05) is 17.8 Å². The smallest absolute Gasteiger partial charge is 0.133 e. The van der Waals surface area contributed by atoms with Gasteiger partial charge < -0.3 is 9.47 Å². The number of ether oxygens (including phenoxy) is 2. The van der Waals surface area contributed by atoms with Crippen LogP contribution in [0.2, 0.25) is 0 Å². The summed E-state index contributed by atoms with van der Waals surface area (Å²) < 4.78 is 11.5. The molecule has 2 aromatic rings. The Morgan fingerprint density at radius 3 is 2.50 bits per heavy atom. The number of benzene rings is 2. The van der Waals surface area contributed by atoms with Gasteiger partial charge in [-0.15, -0.1) is 4.91 Å². The molecule has 0 saturated heterocycles. The maximum atomic E-state index is 11.6. The van der Waals surface area contributed by atoms with E-state index in [1.165, 1.54) is 37.7 Å². The Kier molecular flexibility index (Phi) is 10.8. The van der Waals surface area contributed by atoms with Gasteiger partial charge in [-0.25, -0.2) is 0 Å². The SMILES string of the molecule is CCCCCCCSC(CC=C(C)C)c1cc(OC)c2c(NO)ccc(N=O)c2c1OC. The normalized spacial score (nSPS) is 11.8. The number of methoxy groups -OCH3 is 2. The van der Waals surface area contributed by atoms with Crippen molar-refractivity contribution < 1.29 is 14.7 Å². The molecule has 0 bridgehead atoms. The zero-order valence-electron chi connectivity index (χ0n) is 19.9. The van der Waals surface area contributed by atoms with Gasteiger partial charge >= 0.3 is 0 Å². The first kappa shape index (κ1) is 26.0. The molecule has 0 aliphatic heterocycles. The van der Waals surface area contributed by atoms with Gasteiger partial charge in [0.25, 0.3) is 0 Å². The molecule has 0 fully saturated rings. The predicted molar refractivity (Wildman–Crippen MR) is 136 cm³/mol. The van der Waals surface area contributed by atoms with E-state index in [2.05, 4.69) is 37.5 Å². The van der Waals surface area contributed by atoms with Gasteiger partial charge in [-0.05, 0) is 55.8 Å². The van der Waals surface area contributed by atoms with Crippen LogP contribution in [0.25, 0.3) is 10.8 Å². The van der Waals surface area contributed by atoms with Gasteiger partial charge in [-0.3, -0.25) is 10.7 Å². The summed E-state index contributed by atoms with van der Waals surface area (Å²) in [6.07, 6.45) is 9.27. The molecule has 0 heterocycles. The largest absolute Gasteiger partial charge is 0.496 e. The average Bonchev–Trinajstić information content (AvgIpc) is 2.81. The van der Waals surface area contributed by atoms with Crippen molar-refractivity contribution in [2.75, 3.05) is 25.5 Å². The van der Waals surface area contributed by atoms with Crippen molar-refractivity contribution in [3.63, 3.8) is 0 Å². The number of unbranched alkanes of at least 4 members (excludes halogenated alkanes) is 4. The van der Waals surface area contributed by atoms with Crippen LogP contribution in [-0.4, -0.2) is 25.2 Å². The van der Waals surface area contributed by atoms with Crippen LogP contribution in [0.15, 0.2) is 35.0 Å². The second-order valence-corrected chi connectivity index (χ2v) is 9.39. The van der Waals surface area contributed by atoms with Gasteiger partial charge in [0.15, 0.2) is 0 Å². The standard InChI is InChI=1S/C25H36N2O4S/c1-6-7-8-9-10-15-32-22(14-11-17(2)3)18-16-21(30-4)23-19(26-28)12-13-20(27-29)24(23)25(18)31-5/h11-13,16,22,26,28H,6-10,14-15H2,1-5H3. The Balaban J connectivity index is 2.57. The fourth-order valence-electron chi connectivity index (χ4n) is 3.85. The Morgan fingerprint density at radius 1 is 1.16 bits per heavy atom. The number of thioether (sulfide) groups is 1. The van der Waals surface area contributed by atoms with Crippen molar-refractivity contribution in [3.05, 3.63) is 40.3 Å². The molecule has 0 aliphatic carbocycles. The van der Waals surface area contributed by atoms with E-state index in [0.717, 1.165) is 17.7 Å². The highest BCUT2D eigenvalue weighted by Crippen LogP contribution is 2.50. The van der Waals surface area contributed by atoms with E-state index in [-0.39, 0.29) is 10.9 Å². The fourth-order valence-corrected chi connectivity index (χ4v) is 5.09. The van der Waals surface area contributed by atoms with Crippen LogP contribution in [0.4, 0.5) is 11.4 Å². The Bertz CT molecular complexity index is 926. The third-order valence-corrected chi connectivity index (χ3v) is 6.88. The highest BCUT2D eigenvalue weighted by atomic mass is 32.2. The minimum Gasteiger partial charge on any atom is -0.496 e. The van der Waals surface area contributed by atoms with Crippen LogP contribution in [0.5, 0.6) is 11.5 Å². The van der Waals surface area contributed by atoms with Gasteiger partial charge in [0, 0.05) is 10.8 Å². The summed E-state index contributed by atoms with van der Waals surface area (Å²) in [6, 6.07) is 5.14. The van der Waals surface area contributed by atoms with E-state index in [4.69, 9.17) is 9.47 Å². The zero-order valence-corrected chi connectivity index (χ0v) is 20.7. The number of hydrogen-bond donors (Lipinski definition) is 2. The number of hydrogen-bond acceptors (Lipinski definition) is 7. The van der Waals surface area contributed by atoms with Crippen molar-refractivity contribution in [1.29, 1.82) is 0 Å². The molecular weight excluding hydrogens is 424 g/mol. The summed E-state index contributed by atoms with van der Waals surface area (Å²) >= 11 is 1.90. The Morgan fingerprint density at radius 2 is 1.91 bits per heavy atom. The summed E-state index contributed by atoms with van der Waals surface area (Å²) in [6.45, 7) is 6.42. The summed E-state index contributed by atoms with van der Waals surface area (Å²) in [5, 5.41) is 14.1. The monoisotopic (exact) mass is 460 g/mol. The fraction of sp³-hybridized carbons (Fsp3) is 0.520. The van der Waals surface area contributed by atoms with Gasteiger partial charge in [-0.2, -0.15) is 11.8 Å². The van der Waals surface area contributed by atoms with Crippen molar-refractivity contribution in [1.82, 2.24) is 0 Å². The molecule has 0 radical (unpaired) electrons. The molecule has 0 aliphatic rings. The Labute approximate surface area is 195 Å². The number of nitroso groups, excluding NO2 is 1. The molecule has 176 valence electrons. The molecule has 0 spiro atoms. The Hall–Kier alpha value is -2.25. The number of rotatable bonds is 14. The first-order chi connectivity index (χ1) is 15.5. The molecule has 0 amide bonds. The highest BCUT2D eigenvalue weighted by Gasteiger charge is 2.24. The van der Waals surface area contributed by atoms with Gasteiger partial charge in [0.05, 0.1) is 30.7 Å². The van der Waals surface area contributed by atoms with E-state index in [9.17, 15) is 10.1 Å². The third kappa shape index (κ3) is 6.39. The quantitative estimate of drug-likeness (QED) is 0.128. The summed E-state index contributed by atoms with van der Waals surface area (Å²) in [7, 11) is 3.19. The first-order valence-electron chi connectivity index (χ1n) is 11.2. The van der Waals surface area contributed by atoms with Crippen LogP contribution < -0.4 is 15.0 Å². The lowest BCUT2D eigenvalue weighted by molar-refractivity contribution is 0.388. The number of allylic oxidation sites excluding steroid dienone is 2. The molecule has 0 aromatic heterocycles. The maximum Gasteiger partial charge on any atom is 0.133 e. The zero-order chi connectivity index (χ0) is 23.5. The molecule has 2 rings (SSSR count). The molecule has 7 heteroatoms. The highest BCUT2D eigenvalue weighted by molar-refractivity contribution is 7.99. The van der Waals surface area contributed by atoms with Crippen LogP contribution >= 0.6 is 11.8 Å².